The number of aliphatic hydroxyl groups excluding tert-OH is 1. The molecule has 0 heterocycles. The number of phosphoric acid groups is 2. The number of phosphoric ester groups is 2. The number of unbranched alkanes of at least 4 members (excludes halogenated alkanes) is 42. The highest BCUT2D eigenvalue weighted by molar-refractivity contribution is 7.47. The van der Waals surface area contributed by atoms with E-state index in [9.17, 15) is 43.2 Å². The zero-order chi connectivity index (χ0) is 70.1. The third kappa shape index (κ3) is 70.3. The molecule has 0 saturated carbocycles. The van der Waals surface area contributed by atoms with Crippen LogP contribution >= 0.6 is 15.6 Å². The Kier molecular flexibility index (Phi) is 65.2. The van der Waals surface area contributed by atoms with E-state index in [1.807, 2.05) is 0 Å². The van der Waals surface area contributed by atoms with E-state index in [4.69, 9.17) is 37.0 Å². The second-order valence-electron chi connectivity index (χ2n) is 28.8. The molecule has 0 bridgehead atoms. The Labute approximate surface area is 581 Å². The summed E-state index contributed by atoms with van der Waals surface area (Å²) in [5.41, 5.74) is 0. The summed E-state index contributed by atoms with van der Waals surface area (Å²) < 4.78 is 68.5. The molecule has 0 aliphatic carbocycles. The van der Waals surface area contributed by atoms with Crippen LogP contribution < -0.4 is 0 Å². The van der Waals surface area contributed by atoms with Crippen molar-refractivity contribution in [1.82, 2.24) is 0 Å². The molecule has 0 radical (unpaired) electrons. The molecule has 0 saturated heterocycles. The Morgan fingerprint density at radius 1 is 0.284 bits per heavy atom. The predicted octanol–water partition coefficient (Wildman–Crippen LogP) is 22.2. The van der Waals surface area contributed by atoms with E-state index in [1.165, 1.54) is 193 Å². The van der Waals surface area contributed by atoms with Crippen LogP contribution in [-0.2, 0) is 65.4 Å². The van der Waals surface area contributed by atoms with Crippen LogP contribution in [0.1, 0.15) is 389 Å². The number of carbonyl (C=O) groups is 4. The van der Waals surface area contributed by atoms with Crippen molar-refractivity contribution in [3.05, 3.63) is 0 Å². The molecule has 2 unspecified atom stereocenters. The van der Waals surface area contributed by atoms with Gasteiger partial charge in [-0.1, -0.05) is 337 Å². The Hall–Kier alpha value is -1.94. The average Bonchev–Trinajstić information content (AvgIpc) is 1.99. The van der Waals surface area contributed by atoms with Crippen molar-refractivity contribution in [3.8, 4) is 0 Å². The van der Waals surface area contributed by atoms with Gasteiger partial charge in [0.2, 0.25) is 0 Å². The monoisotopic (exact) mass is 1400 g/mol. The highest BCUT2D eigenvalue weighted by atomic mass is 31.2. The van der Waals surface area contributed by atoms with E-state index >= 15 is 0 Å². The van der Waals surface area contributed by atoms with Crippen LogP contribution in [0, 0.1) is 17.8 Å². The molecule has 0 aromatic rings. The molecule has 0 aliphatic rings. The lowest BCUT2D eigenvalue weighted by Crippen LogP contribution is -2.30. The van der Waals surface area contributed by atoms with E-state index in [0.717, 1.165) is 108 Å². The molecule has 3 N–H and O–H groups in total. The molecule has 564 valence electrons. The van der Waals surface area contributed by atoms with Crippen LogP contribution in [-0.4, -0.2) is 96.7 Å². The number of hydrogen-bond donors (Lipinski definition) is 3. The fraction of sp³-hybridized carbons (Fsp3) is 0.947. The fourth-order valence-corrected chi connectivity index (χ4v) is 13.2. The van der Waals surface area contributed by atoms with E-state index in [2.05, 4.69) is 48.5 Å². The van der Waals surface area contributed by atoms with Crippen LogP contribution in [0.5, 0.6) is 0 Å². The van der Waals surface area contributed by atoms with Crippen molar-refractivity contribution in [2.45, 2.75) is 407 Å². The fourth-order valence-electron chi connectivity index (χ4n) is 11.6. The van der Waals surface area contributed by atoms with Gasteiger partial charge in [0.25, 0.3) is 0 Å². The quantitative estimate of drug-likeness (QED) is 0.0222. The first-order chi connectivity index (χ1) is 45.7. The number of aliphatic hydroxyl groups is 1. The van der Waals surface area contributed by atoms with Crippen LogP contribution in [0.25, 0.3) is 0 Å². The van der Waals surface area contributed by atoms with Crippen molar-refractivity contribution >= 4 is 39.5 Å². The minimum atomic E-state index is -4.96. The smallest absolute Gasteiger partial charge is 0.462 e. The zero-order valence-corrected chi connectivity index (χ0v) is 63.9. The summed E-state index contributed by atoms with van der Waals surface area (Å²) in [4.78, 5) is 72.8. The molecular weight excluding hydrogens is 1250 g/mol. The van der Waals surface area contributed by atoms with Crippen molar-refractivity contribution in [1.29, 1.82) is 0 Å². The van der Waals surface area contributed by atoms with Gasteiger partial charge in [-0.2, -0.15) is 0 Å². The summed E-state index contributed by atoms with van der Waals surface area (Å²) in [6, 6.07) is 0. The predicted molar refractivity (Wildman–Crippen MR) is 386 cm³/mol. The van der Waals surface area contributed by atoms with Crippen LogP contribution in [0.2, 0.25) is 0 Å². The molecule has 0 aromatic heterocycles. The van der Waals surface area contributed by atoms with Gasteiger partial charge in [-0.25, -0.2) is 9.13 Å². The van der Waals surface area contributed by atoms with Crippen molar-refractivity contribution in [2.24, 2.45) is 17.8 Å². The third-order valence-corrected chi connectivity index (χ3v) is 19.5. The molecule has 0 amide bonds. The van der Waals surface area contributed by atoms with Gasteiger partial charge in [0.1, 0.15) is 19.3 Å². The largest absolute Gasteiger partial charge is 0.472 e. The highest BCUT2D eigenvalue weighted by Crippen LogP contribution is 2.45. The van der Waals surface area contributed by atoms with Gasteiger partial charge in [0.15, 0.2) is 12.2 Å². The second-order valence-corrected chi connectivity index (χ2v) is 31.7. The molecule has 95 heavy (non-hydrogen) atoms. The Bertz CT molecular complexity index is 1850. The molecule has 0 rings (SSSR count). The minimum Gasteiger partial charge on any atom is -0.462 e. The van der Waals surface area contributed by atoms with E-state index in [-0.39, 0.29) is 25.7 Å². The van der Waals surface area contributed by atoms with Crippen LogP contribution in [0.15, 0.2) is 0 Å². The van der Waals surface area contributed by atoms with Gasteiger partial charge >= 0.3 is 39.5 Å². The van der Waals surface area contributed by atoms with Gasteiger partial charge in [0, 0.05) is 25.7 Å². The number of esters is 4. The minimum absolute atomic E-state index is 0.105. The van der Waals surface area contributed by atoms with Gasteiger partial charge in [-0.15, -0.1) is 0 Å². The lowest BCUT2D eigenvalue weighted by molar-refractivity contribution is -0.161. The number of carbonyl (C=O) groups excluding carboxylic acids is 4. The highest BCUT2D eigenvalue weighted by Gasteiger charge is 2.30. The first-order valence-electron chi connectivity index (χ1n) is 39.3. The molecule has 0 fully saturated rings. The zero-order valence-electron chi connectivity index (χ0n) is 62.1. The summed E-state index contributed by atoms with van der Waals surface area (Å²) in [5, 5.41) is 10.6. The molecule has 0 spiro atoms. The standard InChI is InChI=1S/C76H148O17P2/c1-8-9-10-11-12-13-14-15-20-23-29-36-43-50-57-73(78)86-63-71(92-75(80)59-52-45-37-30-24-21-18-16-17-19-22-27-33-40-47-54-67(2)3)65-90-94(82,83)88-61-70(77)62-89-95(84,85)91-66-72(64-87-74(79)58-51-44-39-32-35-42-49-56-69(6)7)93-76(81)60-53-46-38-31-26-25-28-34-41-48-55-68(4)5/h67-72,77H,8-66H2,1-7H3,(H,82,83)(H,84,85)/t70-,71-,72-/m1/s1. The third-order valence-electron chi connectivity index (χ3n) is 17.6. The summed E-state index contributed by atoms with van der Waals surface area (Å²) in [6.07, 6.45) is 52.7. The first-order valence-corrected chi connectivity index (χ1v) is 42.3. The topological polar surface area (TPSA) is 237 Å². The maximum Gasteiger partial charge on any atom is 0.472 e. The van der Waals surface area contributed by atoms with Crippen molar-refractivity contribution < 1.29 is 80.2 Å². The molecule has 19 heteroatoms. The molecule has 5 atom stereocenters. The number of hydrogen-bond acceptors (Lipinski definition) is 15. The maximum atomic E-state index is 13.1. The lowest BCUT2D eigenvalue weighted by atomic mass is 10.0. The van der Waals surface area contributed by atoms with E-state index in [1.54, 1.807) is 0 Å². The van der Waals surface area contributed by atoms with Crippen molar-refractivity contribution in [3.63, 3.8) is 0 Å². The molecule has 0 aromatic carbocycles. The van der Waals surface area contributed by atoms with E-state index < -0.39 is 97.5 Å². The first kappa shape index (κ1) is 93.1. The summed E-state index contributed by atoms with van der Waals surface area (Å²) in [6.45, 7) is 11.9. The normalized spacial score (nSPS) is 14.1. The van der Waals surface area contributed by atoms with Gasteiger partial charge in [-0.3, -0.25) is 37.3 Å². The summed E-state index contributed by atoms with van der Waals surface area (Å²) >= 11 is 0. The van der Waals surface area contributed by atoms with Crippen LogP contribution in [0.4, 0.5) is 0 Å². The van der Waals surface area contributed by atoms with Crippen molar-refractivity contribution in [2.75, 3.05) is 39.6 Å². The SMILES string of the molecule is CCCCCCCCCCCCCCCCC(=O)OC[C@H](COP(=O)(O)OC[C@@H](O)COP(=O)(O)OC[C@@H](COC(=O)CCCCCCCCCC(C)C)OC(=O)CCCCCCCCCCCCC(C)C)OC(=O)CCCCCCCCCCCCCCCCCC(C)C. The summed E-state index contributed by atoms with van der Waals surface area (Å²) in [5.74, 6) is 0.142. The molecule has 0 aliphatic heterocycles. The average molecular weight is 1400 g/mol. The van der Waals surface area contributed by atoms with Gasteiger partial charge in [-0.05, 0) is 43.4 Å². The van der Waals surface area contributed by atoms with E-state index in [0.29, 0.717) is 31.6 Å². The van der Waals surface area contributed by atoms with Crippen LogP contribution in [0.3, 0.4) is 0 Å². The number of rotatable bonds is 74. The Morgan fingerprint density at radius 3 is 0.716 bits per heavy atom. The summed E-state index contributed by atoms with van der Waals surface area (Å²) in [7, 11) is -9.91. The lowest BCUT2D eigenvalue weighted by Gasteiger charge is -2.21. The maximum absolute atomic E-state index is 13.1. The van der Waals surface area contributed by atoms with Gasteiger partial charge < -0.3 is 33.8 Å². The second kappa shape index (κ2) is 66.6. The number of ether oxygens (including phenoxy) is 4. The Balaban J connectivity index is 5.24. The van der Waals surface area contributed by atoms with Gasteiger partial charge in [0.05, 0.1) is 26.4 Å². The Morgan fingerprint density at radius 2 is 0.484 bits per heavy atom. The molecular formula is C76H148O17P2. The molecule has 17 nitrogen and oxygen atoms in total.